The third-order valence-electron chi connectivity index (χ3n) is 2.29. The molecule has 1 fully saturated rings. The van der Waals surface area contributed by atoms with Crippen LogP contribution >= 0.6 is 0 Å². The van der Waals surface area contributed by atoms with E-state index >= 15 is 0 Å². The van der Waals surface area contributed by atoms with Crippen LogP contribution in [0.25, 0.3) is 0 Å². The van der Waals surface area contributed by atoms with Gasteiger partial charge in [-0.15, -0.1) is 0 Å². The maximum absolute atomic E-state index is 11.4. The molecule has 1 aliphatic rings. The van der Waals surface area contributed by atoms with E-state index in [1.54, 1.807) is 4.90 Å². The Kier molecular flexibility index (Phi) is 5.59. The Morgan fingerprint density at radius 3 is 2.60 bits per heavy atom. The molecule has 0 radical (unpaired) electrons. The largest absolute Gasteiger partial charge is 0.445 e. The number of amides is 1. The van der Waals surface area contributed by atoms with Gasteiger partial charge in [-0.05, 0) is 25.3 Å². The van der Waals surface area contributed by atoms with E-state index in [-0.39, 0.29) is 6.09 Å². The maximum Gasteiger partial charge on any atom is 0.410 e. The molecule has 0 atom stereocenters. The lowest BCUT2D eigenvalue weighted by Crippen LogP contribution is -2.28. The normalized spacial score (nSPS) is 16.7. The molecule has 3 heteroatoms. The first-order chi connectivity index (χ1) is 7.34. The van der Waals surface area contributed by atoms with Crippen LogP contribution in [0.4, 0.5) is 4.79 Å². The van der Waals surface area contributed by atoms with Gasteiger partial charge in [0.1, 0.15) is 6.61 Å². The molecule has 0 spiro atoms. The number of nitrogens with zero attached hydrogens (tertiary/aromatic N) is 1. The lowest BCUT2D eigenvalue weighted by Gasteiger charge is -2.13. The fraction of sp³-hybridized carbons (Fsp3) is 0.583. The van der Waals surface area contributed by atoms with Crippen molar-refractivity contribution in [2.45, 2.75) is 26.2 Å². The third-order valence-corrected chi connectivity index (χ3v) is 2.29. The molecule has 0 bridgehead atoms. The minimum atomic E-state index is -0.184. The molecule has 1 saturated heterocycles. The van der Waals surface area contributed by atoms with Crippen molar-refractivity contribution >= 4 is 6.09 Å². The molecule has 84 valence electrons. The molecule has 0 saturated carbocycles. The smallest absolute Gasteiger partial charge is 0.410 e. The maximum atomic E-state index is 11.4. The van der Waals surface area contributed by atoms with Gasteiger partial charge in [-0.3, -0.25) is 0 Å². The second-order valence-corrected chi connectivity index (χ2v) is 3.54. The van der Waals surface area contributed by atoms with Gasteiger partial charge in [0.25, 0.3) is 0 Å². The third kappa shape index (κ3) is 4.68. The average molecular weight is 209 g/mol. The van der Waals surface area contributed by atoms with Crippen molar-refractivity contribution in [1.82, 2.24) is 4.90 Å². The van der Waals surface area contributed by atoms with Crippen LogP contribution in [-0.2, 0) is 4.74 Å². The first-order valence-electron chi connectivity index (χ1n) is 5.58. The monoisotopic (exact) mass is 209 g/mol. The van der Waals surface area contributed by atoms with E-state index in [2.05, 4.69) is 13.0 Å². The number of ether oxygens (including phenoxy) is 1. The number of allylic oxidation sites excluding steroid dienone is 3. The number of likely N-dealkylation sites (tertiary alicyclic amines) is 1. The van der Waals surface area contributed by atoms with Gasteiger partial charge in [0.15, 0.2) is 0 Å². The highest BCUT2D eigenvalue weighted by atomic mass is 16.6. The Hall–Kier alpha value is -1.25. The molecule has 0 unspecified atom stereocenters. The summed E-state index contributed by atoms with van der Waals surface area (Å²) in [7, 11) is 0. The number of hydrogen-bond donors (Lipinski definition) is 0. The minimum Gasteiger partial charge on any atom is -0.445 e. The van der Waals surface area contributed by atoms with E-state index in [0.717, 1.165) is 32.4 Å². The molecule has 0 N–H and O–H groups in total. The Morgan fingerprint density at radius 2 is 1.93 bits per heavy atom. The number of carbonyl (C=O) groups is 1. The van der Waals surface area contributed by atoms with Crippen LogP contribution in [0.1, 0.15) is 26.2 Å². The summed E-state index contributed by atoms with van der Waals surface area (Å²) < 4.78 is 5.07. The van der Waals surface area contributed by atoms with Crippen LogP contribution in [-0.4, -0.2) is 30.7 Å². The zero-order valence-electron chi connectivity index (χ0n) is 9.32. The number of rotatable bonds is 4. The van der Waals surface area contributed by atoms with E-state index in [0.29, 0.717) is 6.61 Å². The molecule has 1 rings (SSSR count). The molecular formula is C12H19NO2. The van der Waals surface area contributed by atoms with Crippen LogP contribution < -0.4 is 0 Å². The lowest BCUT2D eigenvalue weighted by atomic mass is 10.4. The van der Waals surface area contributed by atoms with Crippen molar-refractivity contribution in [2.24, 2.45) is 0 Å². The molecule has 1 amide bonds. The number of carbonyl (C=O) groups excluding carboxylic acids is 1. The molecule has 0 aromatic heterocycles. The van der Waals surface area contributed by atoms with Gasteiger partial charge in [-0.1, -0.05) is 25.2 Å². The summed E-state index contributed by atoms with van der Waals surface area (Å²) in [6, 6.07) is 0. The highest BCUT2D eigenvalue weighted by Gasteiger charge is 2.18. The zero-order valence-corrected chi connectivity index (χ0v) is 9.32. The Labute approximate surface area is 91.4 Å². The fourth-order valence-corrected chi connectivity index (χ4v) is 1.46. The zero-order chi connectivity index (χ0) is 10.9. The van der Waals surface area contributed by atoms with Crippen LogP contribution in [0.2, 0.25) is 0 Å². The molecule has 15 heavy (non-hydrogen) atoms. The van der Waals surface area contributed by atoms with E-state index in [1.807, 2.05) is 18.2 Å². The summed E-state index contributed by atoms with van der Waals surface area (Å²) in [5.41, 5.74) is 0. The highest BCUT2D eigenvalue weighted by Crippen LogP contribution is 2.08. The quantitative estimate of drug-likeness (QED) is 0.666. The summed E-state index contributed by atoms with van der Waals surface area (Å²) in [6.45, 7) is 4.14. The molecule has 0 aliphatic carbocycles. The highest BCUT2D eigenvalue weighted by molar-refractivity contribution is 5.67. The van der Waals surface area contributed by atoms with Crippen molar-refractivity contribution < 1.29 is 9.53 Å². The van der Waals surface area contributed by atoms with E-state index < -0.39 is 0 Å². The van der Waals surface area contributed by atoms with Gasteiger partial charge >= 0.3 is 6.09 Å². The Bertz CT molecular complexity index is 240. The second-order valence-electron chi connectivity index (χ2n) is 3.54. The van der Waals surface area contributed by atoms with Crippen LogP contribution in [0.3, 0.4) is 0 Å². The first kappa shape index (κ1) is 11.8. The molecule has 0 aromatic carbocycles. The van der Waals surface area contributed by atoms with Gasteiger partial charge in [0.05, 0.1) is 0 Å². The second kappa shape index (κ2) is 7.10. The summed E-state index contributed by atoms with van der Waals surface area (Å²) in [4.78, 5) is 13.1. The van der Waals surface area contributed by atoms with Crippen molar-refractivity contribution in [3.05, 3.63) is 24.3 Å². The van der Waals surface area contributed by atoms with Crippen LogP contribution in [0, 0.1) is 0 Å². The molecule has 3 nitrogen and oxygen atoms in total. The fourth-order valence-electron chi connectivity index (χ4n) is 1.46. The predicted octanol–water partition coefficient (Wildman–Crippen LogP) is 2.74. The van der Waals surface area contributed by atoms with E-state index in [9.17, 15) is 4.79 Å². The summed E-state index contributed by atoms with van der Waals surface area (Å²) in [5.74, 6) is 0. The minimum absolute atomic E-state index is 0.184. The molecule has 0 aromatic rings. The van der Waals surface area contributed by atoms with Gasteiger partial charge in [-0.25, -0.2) is 4.79 Å². The molecular weight excluding hydrogens is 190 g/mol. The van der Waals surface area contributed by atoms with E-state index in [1.165, 1.54) is 0 Å². The van der Waals surface area contributed by atoms with Crippen molar-refractivity contribution in [3.63, 3.8) is 0 Å². The Morgan fingerprint density at radius 1 is 1.27 bits per heavy atom. The summed E-state index contributed by atoms with van der Waals surface area (Å²) in [5, 5.41) is 0. The van der Waals surface area contributed by atoms with Gasteiger partial charge in [0.2, 0.25) is 0 Å². The van der Waals surface area contributed by atoms with E-state index in [4.69, 9.17) is 4.74 Å². The van der Waals surface area contributed by atoms with Gasteiger partial charge in [0, 0.05) is 13.1 Å². The SMILES string of the molecule is CCC=CC=CCOC(=O)N1CCCC1. The average Bonchev–Trinajstić information content (AvgIpc) is 2.76. The Balaban J connectivity index is 2.11. The number of hydrogen-bond acceptors (Lipinski definition) is 2. The van der Waals surface area contributed by atoms with Crippen molar-refractivity contribution in [1.29, 1.82) is 0 Å². The summed E-state index contributed by atoms with van der Waals surface area (Å²) in [6.07, 6.45) is 10.8. The molecule has 1 aliphatic heterocycles. The van der Waals surface area contributed by atoms with Crippen LogP contribution in [0.5, 0.6) is 0 Å². The predicted molar refractivity (Wildman–Crippen MR) is 60.7 cm³/mol. The summed E-state index contributed by atoms with van der Waals surface area (Å²) >= 11 is 0. The van der Waals surface area contributed by atoms with Crippen molar-refractivity contribution in [2.75, 3.05) is 19.7 Å². The topological polar surface area (TPSA) is 29.5 Å². The van der Waals surface area contributed by atoms with Crippen molar-refractivity contribution in [3.8, 4) is 0 Å². The van der Waals surface area contributed by atoms with Gasteiger partial charge in [-0.2, -0.15) is 0 Å². The van der Waals surface area contributed by atoms with Gasteiger partial charge < -0.3 is 9.64 Å². The molecule has 1 heterocycles. The standard InChI is InChI=1S/C12H19NO2/c1-2-3-4-5-8-11-15-12(14)13-9-6-7-10-13/h3-5,8H,2,6-7,9-11H2,1H3. The van der Waals surface area contributed by atoms with Crippen LogP contribution in [0.15, 0.2) is 24.3 Å². The first-order valence-corrected chi connectivity index (χ1v) is 5.58. The lowest BCUT2D eigenvalue weighted by molar-refractivity contribution is 0.121.